The van der Waals surface area contributed by atoms with E-state index in [0.717, 1.165) is 42.4 Å². The van der Waals surface area contributed by atoms with E-state index in [-0.39, 0.29) is 5.54 Å². The maximum Gasteiger partial charge on any atom is 0.166 e. The lowest BCUT2D eigenvalue weighted by atomic mass is 10.0. The van der Waals surface area contributed by atoms with Gasteiger partial charge in [0.25, 0.3) is 0 Å². The molecule has 2 saturated carbocycles. The van der Waals surface area contributed by atoms with E-state index in [9.17, 15) is 0 Å². The zero-order chi connectivity index (χ0) is 11.9. The maximum absolute atomic E-state index is 6.28. The number of rotatable bonds is 5. The Bertz CT molecular complexity index is 422. The summed E-state index contributed by atoms with van der Waals surface area (Å²) in [5.41, 5.74) is 7.21. The number of ether oxygens (including phenoxy) is 2. The highest BCUT2D eigenvalue weighted by Crippen LogP contribution is 2.49. The smallest absolute Gasteiger partial charge is 0.166 e. The molecule has 0 unspecified atom stereocenters. The van der Waals surface area contributed by atoms with Gasteiger partial charge in [-0.1, -0.05) is 12.1 Å². The van der Waals surface area contributed by atoms with E-state index in [1.807, 2.05) is 12.1 Å². The molecule has 0 aliphatic heterocycles. The van der Waals surface area contributed by atoms with Gasteiger partial charge in [-0.25, -0.2) is 0 Å². The Morgan fingerprint density at radius 3 is 2.71 bits per heavy atom. The van der Waals surface area contributed by atoms with Crippen LogP contribution in [0.25, 0.3) is 0 Å². The van der Waals surface area contributed by atoms with Crippen molar-refractivity contribution in [2.45, 2.75) is 31.2 Å². The van der Waals surface area contributed by atoms with E-state index in [1.165, 1.54) is 12.8 Å². The predicted octanol–water partition coefficient (Wildman–Crippen LogP) is 2.43. The lowest BCUT2D eigenvalue weighted by molar-refractivity contribution is 0.275. The molecule has 3 rings (SSSR count). The van der Waals surface area contributed by atoms with Gasteiger partial charge in [0.1, 0.15) is 0 Å². The third-order valence-corrected chi connectivity index (χ3v) is 3.68. The Hall–Kier alpha value is -1.22. The molecular weight excluding hydrogens is 214 g/mol. The van der Waals surface area contributed by atoms with Crippen LogP contribution in [0.5, 0.6) is 11.5 Å². The van der Waals surface area contributed by atoms with Crippen molar-refractivity contribution < 1.29 is 9.47 Å². The molecule has 0 saturated heterocycles. The summed E-state index contributed by atoms with van der Waals surface area (Å²) < 4.78 is 11.3. The lowest BCUT2D eigenvalue weighted by Crippen LogP contribution is -2.20. The first-order valence-electron chi connectivity index (χ1n) is 6.32. The fraction of sp³-hybridized carbons (Fsp3) is 0.571. The Kier molecular flexibility index (Phi) is 2.51. The van der Waals surface area contributed by atoms with Gasteiger partial charge in [-0.2, -0.15) is 0 Å². The van der Waals surface area contributed by atoms with Crippen molar-refractivity contribution in [3.05, 3.63) is 23.8 Å². The topological polar surface area (TPSA) is 44.5 Å². The van der Waals surface area contributed by atoms with Crippen LogP contribution in [-0.4, -0.2) is 13.7 Å². The third kappa shape index (κ3) is 2.12. The molecule has 3 nitrogen and oxygen atoms in total. The number of hydrogen-bond donors (Lipinski definition) is 1. The minimum absolute atomic E-state index is 0.173. The van der Waals surface area contributed by atoms with Crippen molar-refractivity contribution in [1.29, 1.82) is 0 Å². The van der Waals surface area contributed by atoms with Gasteiger partial charge in [0.05, 0.1) is 13.7 Å². The largest absolute Gasteiger partial charge is 0.493 e. The number of nitrogens with two attached hydrogens (primary N) is 1. The van der Waals surface area contributed by atoms with Crippen molar-refractivity contribution in [2.75, 3.05) is 13.7 Å². The SMILES string of the molecule is COc1cccc(C2(N)CC2)c1OCC1CC1. The van der Waals surface area contributed by atoms with Crippen LogP contribution in [0.3, 0.4) is 0 Å². The first-order valence-corrected chi connectivity index (χ1v) is 6.32. The fourth-order valence-electron chi connectivity index (χ4n) is 2.11. The first kappa shape index (κ1) is 10.9. The van der Waals surface area contributed by atoms with Crippen molar-refractivity contribution in [2.24, 2.45) is 11.7 Å². The van der Waals surface area contributed by atoms with Crippen molar-refractivity contribution in [3.8, 4) is 11.5 Å². The molecule has 17 heavy (non-hydrogen) atoms. The molecule has 0 amide bonds. The molecule has 3 heteroatoms. The molecule has 0 heterocycles. The number of methoxy groups -OCH3 is 1. The van der Waals surface area contributed by atoms with Gasteiger partial charge >= 0.3 is 0 Å². The van der Waals surface area contributed by atoms with Gasteiger partial charge in [0.2, 0.25) is 0 Å². The van der Waals surface area contributed by atoms with Crippen LogP contribution in [0, 0.1) is 5.92 Å². The predicted molar refractivity (Wildman–Crippen MR) is 66.3 cm³/mol. The zero-order valence-corrected chi connectivity index (χ0v) is 10.2. The van der Waals surface area contributed by atoms with Crippen molar-refractivity contribution in [1.82, 2.24) is 0 Å². The molecule has 0 aromatic heterocycles. The van der Waals surface area contributed by atoms with Gasteiger partial charge in [-0.3, -0.25) is 0 Å². The van der Waals surface area contributed by atoms with E-state index in [0.29, 0.717) is 0 Å². The van der Waals surface area contributed by atoms with E-state index in [4.69, 9.17) is 15.2 Å². The zero-order valence-electron chi connectivity index (χ0n) is 10.2. The van der Waals surface area contributed by atoms with E-state index in [2.05, 4.69) is 6.07 Å². The van der Waals surface area contributed by atoms with E-state index < -0.39 is 0 Å². The second-order valence-corrected chi connectivity index (χ2v) is 5.25. The molecular formula is C14H19NO2. The third-order valence-electron chi connectivity index (χ3n) is 3.68. The summed E-state index contributed by atoms with van der Waals surface area (Å²) in [6.07, 6.45) is 4.66. The molecule has 0 spiro atoms. The minimum Gasteiger partial charge on any atom is -0.493 e. The van der Waals surface area contributed by atoms with Crippen LogP contribution in [-0.2, 0) is 5.54 Å². The van der Waals surface area contributed by atoms with Gasteiger partial charge in [0, 0.05) is 11.1 Å². The van der Waals surface area contributed by atoms with Crippen LogP contribution in [0.2, 0.25) is 0 Å². The molecule has 2 aliphatic carbocycles. The highest BCUT2D eigenvalue weighted by molar-refractivity contribution is 5.51. The molecule has 0 atom stereocenters. The first-order chi connectivity index (χ1) is 8.23. The van der Waals surface area contributed by atoms with Gasteiger partial charge < -0.3 is 15.2 Å². The normalized spacial score (nSPS) is 21.1. The summed E-state index contributed by atoms with van der Waals surface area (Å²) in [5, 5.41) is 0. The highest BCUT2D eigenvalue weighted by atomic mass is 16.5. The van der Waals surface area contributed by atoms with Gasteiger partial charge in [-0.05, 0) is 37.7 Å². The van der Waals surface area contributed by atoms with Crippen molar-refractivity contribution >= 4 is 0 Å². The molecule has 2 fully saturated rings. The van der Waals surface area contributed by atoms with Gasteiger partial charge in [-0.15, -0.1) is 0 Å². The molecule has 2 N–H and O–H groups in total. The van der Waals surface area contributed by atoms with Crippen LogP contribution >= 0.6 is 0 Å². The molecule has 0 radical (unpaired) electrons. The Balaban J connectivity index is 1.89. The second-order valence-electron chi connectivity index (χ2n) is 5.25. The van der Waals surface area contributed by atoms with E-state index in [1.54, 1.807) is 7.11 Å². The summed E-state index contributed by atoms with van der Waals surface area (Å²) in [7, 11) is 1.68. The standard InChI is InChI=1S/C14H19NO2/c1-16-12-4-2-3-11(14(15)7-8-14)13(12)17-9-10-5-6-10/h2-4,10H,5-9,15H2,1H3. The van der Waals surface area contributed by atoms with Crippen molar-refractivity contribution in [3.63, 3.8) is 0 Å². The Morgan fingerprint density at radius 2 is 2.12 bits per heavy atom. The number of para-hydroxylation sites is 1. The monoisotopic (exact) mass is 233 g/mol. The van der Waals surface area contributed by atoms with E-state index >= 15 is 0 Å². The fourth-order valence-corrected chi connectivity index (χ4v) is 2.11. The Labute approximate surface area is 102 Å². The van der Waals surface area contributed by atoms with Crippen LogP contribution in [0.15, 0.2) is 18.2 Å². The summed E-state index contributed by atoms with van der Waals surface area (Å²) in [6.45, 7) is 0.795. The average molecular weight is 233 g/mol. The van der Waals surface area contributed by atoms with Crippen LogP contribution in [0.1, 0.15) is 31.2 Å². The Morgan fingerprint density at radius 1 is 1.35 bits per heavy atom. The summed E-state index contributed by atoms with van der Waals surface area (Å²) >= 11 is 0. The van der Waals surface area contributed by atoms with Crippen LogP contribution in [0.4, 0.5) is 0 Å². The molecule has 92 valence electrons. The quantitative estimate of drug-likeness (QED) is 0.849. The maximum atomic E-state index is 6.28. The van der Waals surface area contributed by atoms with Gasteiger partial charge in [0.15, 0.2) is 11.5 Å². The molecule has 0 bridgehead atoms. The molecule has 1 aromatic carbocycles. The summed E-state index contributed by atoms with van der Waals surface area (Å²) in [4.78, 5) is 0. The highest BCUT2D eigenvalue weighted by Gasteiger charge is 2.43. The summed E-state index contributed by atoms with van der Waals surface area (Å²) in [6, 6.07) is 6.00. The molecule has 2 aliphatic rings. The van der Waals surface area contributed by atoms with Crippen LogP contribution < -0.4 is 15.2 Å². The number of hydrogen-bond acceptors (Lipinski definition) is 3. The summed E-state index contributed by atoms with van der Waals surface area (Å²) in [5.74, 6) is 2.41. The lowest BCUT2D eigenvalue weighted by Gasteiger charge is -2.18. The number of benzene rings is 1. The molecule has 1 aromatic rings. The minimum atomic E-state index is -0.173. The second kappa shape index (κ2) is 3.91. The average Bonchev–Trinajstić information content (AvgIpc) is 3.23.